The molecule has 0 bridgehead atoms. The van der Waals surface area contributed by atoms with E-state index in [1.807, 2.05) is 54.6 Å². The minimum absolute atomic E-state index is 0.273. The zero-order valence-corrected chi connectivity index (χ0v) is 15.8. The number of rotatable bonds is 8. The maximum atomic E-state index is 12.1. The summed E-state index contributed by atoms with van der Waals surface area (Å²) in [6.45, 7) is 0.948. The van der Waals surface area contributed by atoms with Crippen molar-refractivity contribution in [2.24, 2.45) is 5.92 Å². The third-order valence-electron chi connectivity index (χ3n) is 5.22. The smallest absolute Gasteiger partial charge is 0.249 e. The maximum absolute atomic E-state index is 12.1. The standard InChI is InChI=1S/C23H29NO3/c25-22(15-18-7-3-1-4-8-18)23(26)24-16-19-11-13-21(14-12-19)27-17-20-9-5-2-6-10-20/h2,5-6,9-14,18,22,25H,1,3-4,7-8,15-17H2,(H,24,26). The van der Waals surface area contributed by atoms with Crippen LogP contribution in [-0.4, -0.2) is 17.1 Å². The van der Waals surface area contributed by atoms with Gasteiger partial charge in [0.1, 0.15) is 18.5 Å². The molecule has 1 saturated carbocycles. The molecule has 4 nitrogen and oxygen atoms in total. The van der Waals surface area contributed by atoms with Crippen LogP contribution in [-0.2, 0) is 17.9 Å². The number of hydrogen-bond donors (Lipinski definition) is 2. The number of amides is 1. The van der Waals surface area contributed by atoms with Gasteiger partial charge in [-0.25, -0.2) is 0 Å². The van der Waals surface area contributed by atoms with E-state index in [-0.39, 0.29) is 5.91 Å². The van der Waals surface area contributed by atoms with E-state index in [2.05, 4.69) is 5.32 Å². The summed E-state index contributed by atoms with van der Waals surface area (Å²) >= 11 is 0. The fourth-order valence-corrected chi connectivity index (χ4v) is 3.60. The van der Waals surface area contributed by atoms with Crippen molar-refractivity contribution in [2.45, 2.75) is 57.8 Å². The van der Waals surface area contributed by atoms with Crippen LogP contribution in [0.3, 0.4) is 0 Å². The number of nitrogens with one attached hydrogen (secondary N) is 1. The van der Waals surface area contributed by atoms with Crippen LogP contribution >= 0.6 is 0 Å². The monoisotopic (exact) mass is 367 g/mol. The lowest BCUT2D eigenvalue weighted by Crippen LogP contribution is -2.35. The molecular weight excluding hydrogens is 338 g/mol. The van der Waals surface area contributed by atoms with E-state index in [0.29, 0.717) is 25.5 Å². The first kappa shape index (κ1) is 19.4. The molecule has 0 radical (unpaired) electrons. The van der Waals surface area contributed by atoms with Crippen LogP contribution in [0.4, 0.5) is 0 Å². The molecule has 1 atom stereocenters. The van der Waals surface area contributed by atoms with E-state index in [0.717, 1.165) is 29.7 Å². The molecule has 1 unspecified atom stereocenters. The Hall–Kier alpha value is -2.33. The van der Waals surface area contributed by atoms with Crippen molar-refractivity contribution in [2.75, 3.05) is 0 Å². The van der Waals surface area contributed by atoms with Gasteiger partial charge in [0.15, 0.2) is 0 Å². The minimum atomic E-state index is -0.901. The molecule has 1 amide bonds. The molecule has 3 rings (SSSR count). The molecule has 2 aromatic carbocycles. The number of benzene rings is 2. The summed E-state index contributed by atoms with van der Waals surface area (Å²) in [5, 5.41) is 13.0. The summed E-state index contributed by atoms with van der Waals surface area (Å²) in [5.41, 5.74) is 2.11. The molecule has 2 aromatic rings. The normalized spacial score (nSPS) is 15.9. The summed E-state index contributed by atoms with van der Waals surface area (Å²) < 4.78 is 5.77. The molecule has 0 aromatic heterocycles. The lowest BCUT2D eigenvalue weighted by atomic mass is 9.85. The van der Waals surface area contributed by atoms with Crippen LogP contribution < -0.4 is 10.1 Å². The minimum Gasteiger partial charge on any atom is -0.489 e. The summed E-state index contributed by atoms with van der Waals surface area (Å²) in [6.07, 6.45) is 5.67. The van der Waals surface area contributed by atoms with Crippen LogP contribution in [0.2, 0.25) is 0 Å². The molecule has 1 aliphatic carbocycles. The first-order valence-electron chi connectivity index (χ1n) is 9.92. The van der Waals surface area contributed by atoms with Gasteiger partial charge in [0, 0.05) is 6.54 Å². The highest BCUT2D eigenvalue weighted by Gasteiger charge is 2.22. The Kier molecular flexibility index (Phi) is 7.28. The molecule has 144 valence electrons. The Morgan fingerprint density at radius 2 is 1.70 bits per heavy atom. The average Bonchev–Trinajstić information content (AvgIpc) is 2.72. The van der Waals surface area contributed by atoms with Gasteiger partial charge in [-0.2, -0.15) is 0 Å². The first-order chi connectivity index (χ1) is 13.2. The van der Waals surface area contributed by atoms with Crippen LogP contribution in [0.5, 0.6) is 5.75 Å². The highest BCUT2D eigenvalue weighted by molar-refractivity contribution is 5.80. The van der Waals surface area contributed by atoms with E-state index < -0.39 is 6.10 Å². The molecule has 4 heteroatoms. The predicted octanol–water partition coefficient (Wildman–Crippen LogP) is 4.21. The molecule has 1 fully saturated rings. The predicted molar refractivity (Wildman–Crippen MR) is 106 cm³/mol. The number of ether oxygens (including phenoxy) is 1. The largest absolute Gasteiger partial charge is 0.489 e. The van der Waals surface area contributed by atoms with Crippen molar-refractivity contribution >= 4 is 5.91 Å². The molecule has 0 spiro atoms. The Bertz CT molecular complexity index is 693. The number of hydrogen-bond acceptors (Lipinski definition) is 3. The molecule has 0 saturated heterocycles. The third kappa shape index (κ3) is 6.40. The van der Waals surface area contributed by atoms with Crippen LogP contribution in [0, 0.1) is 5.92 Å². The van der Waals surface area contributed by atoms with Gasteiger partial charge in [0.05, 0.1) is 0 Å². The summed E-state index contributed by atoms with van der Waals surface area (Å²) in [6, 6.07) is 17.7. The van der Waals surface area contributed by atoms with Gasteiger partial charge >= 0.3 is 0 Å². The molecule has 1 aliphatic rings. The second kappa shape index (κ2) is 10.1. The van der Waals surface area contributed by atoms with Gasteiger partial charge in [0.25, 0.3) is 0 Å². The number of aliphatic hydroxyl groups excluding tert-OH is 1. The van der Waals surface area contributed by atoms with Gasteiger partial charge in [-0.1, -0.05) is 74.6 Å². The second-order valence-corrected chi connectivity index (χ2v) is 7.39. The van der Waals surface area contributed by atoms with Crippen molar-refractivity contribution in [3.63, 3.8) is 0 Å². The van der Waals surface area contributed by atoms with Crippen LogP contribution in [0.15, 0.2) is 54.6 Å². The number of aliphatic hydroxyl groups is 1. The Morgan fingerprint density at radius 3 is 2.41 bits per heavy atom. The third-order valence-corrected chi connectivity index (χ3v) is 5.22. The molecule has 27 heavy (non-hydrogen) atoms. The Labute approximate surface area is 161 Å². The highest BCUT2D eigenvalue weighted by Crippen LogP contribution is 2.27. The van der Waals surface area contributed by atoms with Crippen molar-refractivity contribution < 1.29 is 14.6 Å². The Morgan fingerprint density at radius 1 is 1.00 bits per heavy atom. The zero-order chi connectivity index (χ0) is 18.9. The summed E-state index contributed by atoms with van der Waals surface area (Å²) in [5.74, 6) is 1.01. The van der Waals surface area contributed by atoms with Crippen molar-refractivity contribution in [1.82, 2.24) is 5.32 Å². The topological polar surface area (TPSA) is 58.6 Å². The lowest BCUT2D eigenvalue weighted by Gasteiger charge is -2.23. The van der Waals surface area contributed by atoms with Crippen LogP contribution in [0.1, 0.15) is 49.7 Å². The fourth-order valence-electron chi connectivity index (χ4n) is 3.60. The van der Waals surface area contributed by atoms with E-state index in [9.17, 15) is 9.90 Å². The molecular formula is C23H29NO3. The van der Waals surface area contributed by atoms with Gasteiger partial charge in [-0.3, -0.25) is 4.79 Å². The highest BCUT2D eigenvalue weighted by atomic mass is 16.5. The lowest BCUT2D eigenvalue weighted by molar-refractivity contribution is -0.130. The van der Waals surface area contributed by atoms with E-state index in [1.165, 1.54) is 19.3 Å². The van der Waals surface area contributed by atoms with Gasteiger partial charge < -0.3 is 15.2 Å². The van der Waals surface area contributed by atoms with E-state index in [4.69, 9.17) is 4.74 Å². The Balaban J connectivity index is 1.40. The van der Waals surface area contributed by atoms with Gasteiger partial charge in [0.2, 0.25) is 5.91 Å². The SMILES string of the molecule is O=C(NCc1ccc(OCc2ccccc2)cc1)C(O)CC1CCCCC1. The quantitative estimate of drug-likeness (QED) is 0.735. The number of carbonyl (C=O) groups is 1. The fraction of sp³-hybridized carbons (Fsp3) is 0.435. The maximum Gasteiger partial charge on any atom is 0.249 e. The second-order valence-electron chi connectivity index (χ2n) is 7.39. The van der Waals surface area contributed by atoms with Crippen molar-refractivity contribution in [1.29, 1.82) is 0 Å². The van der Waals surface area contributed by atoms with E-state index in [1.54, 1.807) is 0 Å². The average molecular weight is 367 g/mol. The van der Waals surface area contributed by atoms with Crippen molar-refractivity contribution in [3.8, 4) is 5.75 Å². The van der Waals surface area contributed by atoms with E-state index >= 15 is 0 Å². The van der Waals surface area contributed by atoms with Gasteiger partial charge in [-0.05, 0) is 35.6 Å². The molecule has 2 N–H and O–H groups in total. The van der Waals surface area contributed by atoms with Gasteiger partial charge in [-0.15, -0.1) is 0 Å². The zero-order valence-electron chi connectivity index (χ0n) is 15.8. The number of carbonyl (C=O) groups excluding carboxylic acids is 1. The van der Waals surface area contributed by atoms with Crippen molar-refractivity contribution in [3.05, 3.63) is 65.7 Å². The summed E-state index contributed by atoms with van der Waals surface area (Å²) in [7, 11) is 0. The first-order valence-corrected chi connectivity index (χ1v) is 9.92. The molecule has 0 aliphatic heterocycles. The molecule has 0 heterocycles. The summed E-state index contributed by atoms with van der Waals surface area (Å²) in [4.78, 5) is 12.1. The van der Waals surface area contributed by atoms with Crippen LogP contribution in [0.25, 0.3) is 0 Å².